The largest absolute Gasteiger partial charge is 0.375 e. The molecule has 3 N–H and O–H groups in total. The molecule has 0 aromatic carbocycles. The maximum Gasteiger partial charge on any atom is 0.187 e. The number of nitrogens with zero attached hydrogens (tertiary/aromatic N) is 3. The molecular formula is C15H21N5S. The number of nitrogens with one attached hydrogen (secondary N) is 1. The lowest BCUT2D eigenvalue weighted by atomic mass is 9.78. The minimum absolute atomic E-state index is 0.0793. The second kappa shape index (κ2) is 6.07. The van der Waals surface area contributed by atoms with E-state index in [4.69, 9.17) is 18.0 Å². The van der Waals surface area contributed by atoms with Crippen LogP contribution in [0.3, 0.4) is 0 Å². The average molecular weight is 303 g/mol. The first-order valence-electron chi connectivity index (χ1n) is 7.45. The molecule has 0 amide bonds. The molecule has 3 heterocycles. The van der Waals surface area contributed by atoms with Crippen LogP contribution >= 0.6 is 12.2 Å². The molecule has 0 radical (unpaired) electrons. The Morgan fingerprint density at radius 3 is 2.95 bits per heavy atom. The fourth-order valence-corrected chi connectivity index (χ4v) is 3.61. The zero-order valence-corrected chi connectivity index (χ0v) is 12.9. The quantitative estimate of drug-likeness (QED) is 0.503. The van der Waals surface area contributed by atoms with E-state index >= 15 is 0 Å². The molecule has 2 aliphatic heterocycles. The molecule has 2 saturated heterocycles. The highest BCUT2D eigenvalue weighted by atomic mass is 32.1. The van der Waals surface area contributed by atoms with Gasteiger partial charge in [0.25, 0.3) is 0 Å². The number of pyridine rings is 1. The zero-order valence-electron chi connectivity index (χ0n) is 12.0. The molecule has 112 valence electrons. The van der Waals surface area contributed by atoms with E-state index in [9.17, 15) is 0 Å². The third kappa shape index (κ3) is 3.06. The first kappa shape index (κ1) is 14.4. The van der Waals surface area contributed by atoms with E-state index in [1.807, 2.05) is 23.2 Å². The number of nitrogens with two attached hydrogens (primary N) is 1. The van der Waals surface area contributed by atoms with Crippen LogP contribution in [-0.4, -0.2) is 39.9 Å². The second-order valence-electron chi connectivity index (χ2n) is 5.95. The smallest absolute Gasteiger partial charge is 0.187 e. The van der Waals surface area contributed by atoms with Crippen LogP contribution in [0.1, 0.15) is 31.4 Å². The van der Waals surface area contributed by atoms with Crippen molar-refractivity contribution in [2.24, 2.45) is 16.8 Å². The normalized spacial score (nSPS) is 28.5. The Labute approximate surface area is 130 Å². The van der Waals surface area contributed by atoms with Crippen molar-refractivity contribution in [3.8, 4) is 0 Å². The summed E-state index contributed by atoms with van der Waals surface area (Å²) in [5.74, 6) is 0.786. The Morgan fingerprint density at radius 2 is 2.29 bits per heavy atom. The fraction of sp³-hybridized carbons (Fsp3) is 0.533. The average Bonchev–Trinajstić information content (AvgIpc) is 2.82. The molecule has 0 unspecified atom stereocenters. The number of thiocarbonyl (C=S) groups is 1. The molecule has 0 atom stereocenters. The summed E-state index contributed by atoms with van der Waals surface area (Å²) in [4.78, 5) is 4.26. The van der Waals surface area contributed by atoms with Crippen molar-refractivity contribution < 1.29 is 0 Å². The summed E-state index contributed by atoms with van der Waals surface area (Å²) in [5, 5.41) is 10.3. The predicted octanol–water partition coefficient (Wildman–Crippen LogP) is 1.49. The lowest BCUT2D eigenvalue weighted by Crippen LogP contribution is -2.55. The molecule has 21 heavy (non-hydrogen) atoms. The summed E-state index contributed by atoms with van der Waals surface area (Å²) in [5.41, 5.74) is 6.69. The molecule has 1 saturated carbocycles. The summed E-state index contributed by atoms with van der Waals surface area (Å²) in [6.07, 6.45) is 8.09. The molecule has 1 aromatic rings. The van der Waals surface area contributed by atoms with Gasteiger partial charge in [0.1, 0.15) is 0 Å². The molecule has 1 aliphatic carbocycles. The van der Waals surface area contributed by atoms with Crippen LogP contribution in [0.5, 0.6) is 0 Å². The van der Waals surface area contributed by atoms with Gasteiger partial charge in [0.15, 0.2) is 5.11 Å². The van der Waals surface area contributed by atoms with Crippen molar-refractivity contribution in [2.75, 3.05) is 13.1 Å². The molecule has 1 aromatic heterocycles. The van der Waals surface area contributed by atoms with Crippen LogP contribution in [-0.2, 0) is 0 Å². The van der Waals surface area contributed by atoms with Crippen LogP contribution in [0.4, 0.5) is 0 Å². The Bertz CT molecular complexity index is 517. The minimum Gasteiger partial charge on any atom is -0.375 e. The van der Waals surface area contributed by atoms with Crippen LogP contribution in [0, 0.1) is 5.92 Å². The van der Waals surface area contributed by atoms with Crippen LogP contribution in [0.25, 0.3) is 0 Å². The standard InChI is InChI=1S/C15H21N5S/c16-14(21)20(19-10-13-3-1-2-8-18-13)15-6-4-12(5-7-15)9-17-11-15/h1-3,8,10,12,17H,4-7,9,11H2,(H2,16,21). The van der Waals surface area contributed by atoms with Crippen molar-refractivity contribution >= 4 is 23.5 Å². The van der Waals surface area contributed by atoms with Crippen LogP contribution < -0.4 is 11.1 Å². The third-order valence-corrected chi connectivity index (χ3v) is 4.75. The molecule has 3 fully saturated rings. The highest BCUT2D eigenvalue weighted by molar-refractivity contribution is 7.80. The number of hydrazone groups is 1. The van der Waals surface area contributed by atoms with E-state index in [1.54, 1.807) is 12.4 Å². The number of fused-ring (bicyclic) bond motifs is 4. The van der Waals surface area contributed by atoms with Gasteiger partial charge in [-0.25, -0.2) is 5.01 Å². The molecule has 4 rings (SSSR count). The Balaban J connectivity index is 1.84. The summed E-state index contributed by atoms with van der Waals surface area (Å²) in [6, 6.07) is 5.75. The van der Waals surface area contributed by atoms with E-state index in [1.165, 1.54) is 12.8 Å². The summed E-state index contributed by atoms with van der Waals surface area (Å²) in [7, 11) is 0. The number of aromatic nitrogens is 1. The highest BCUT2D eigenvalue weighted by Crippen LogP contribution is 2.38. The van der Waals surface area contributed by atoms with Gasteiger partial charge in [0.05, 0.1) is 17.4 Å². The van der Waals surface area contributed by atoms with Gasteiger partial charge in [0.2, 0.25) is 0 Å². The topological polar surface area (TPSA) is 66.5 Å². The van der Waals surface area contributed by atoms with E-state index in [-0.39, 0.29) is 5.54 Å². The lowest BCUT2D eigenvalue weighted by molar-refractivity contribution is 0.124. The van der Waals surface area contributed by atoms with E-state index in [2.05, 4.69) is 15.4 Å². The fourth-order valence-electron chi connectivity index (χ4n) is 3.37. The summed E-state index contributed by atoms with van der Waals surface area (Å²) >= 11 is 5.25. The molecule has 2 bridgehead atoms. The maximum atomic E-state index is 5.96. The van der Waals surface area contributed by atoms with Crippen LogP contribution in [0.15, 0.2) is 29.5 Å². The second-order valence-corrected chi connectivity index (χ2v) is 6.37. The SMILES string of the molecule is NC(=S)N(N=Cc1ccccn1)C12CCC(CC1)CNC2. The van der Waals surface area contributed by atoms with Gasteiger partial charge in [-0.2, -0.15) is 5.10 Å². The molecular weight excluding hydrogens is 282 g/mol. The van der Waals surface area contributed by atoms with Crippen molar-refractivity contribution in [1.82, 2.24) is 15.3 Å². The van der Waals surface area contributed by atoms with Crippen molar-refractivity contribution in [3.05, 3.63) is 30.1 Å². The molecule has 5 nitrogen and oxygen atoms in total. The lowest BCUT2D eigenvalue weighted by Gasteiger charge is -2.43. The summed E-state index contributed by atoms with van der Waals surface area (Å²) in [6.45, 7) is 1.98. The number of rotatable bonds is 3. The first-order chi connectivity index (χ1) is 10.2. The van der Waals surface area contributed by atoms with E-state index in [0.29, 0.717) is 5.11 Å². The number of hydrogen-bond acceptors (Lipinski definition) is 4. The van der Waals surface area contributed by atoms with Crippen molar-refractivity contribution in [2.45, 2.75) is 31.2 Å². The molecule has 3 aliphatic rings. The minimum atomic E-state index is -0.0793. The molecule has 0 spiro atoms. The maximum absolute atomic E-state index is 5.96. The number of hydrogen-bond donors (Lipinski definition) is 2. The molecule has 6 heteroatoms. The predicted molar refractivity (Wildman–Crippen MR) is 88.0 cm³/mol. The van der Waals surface area contributed by atoms with Crippen molar-refractivity contribution in [3.63, 3.8) is 0 Å². The first-order valence-corrected chi connectivity index (χ1v) is 7.86. The van der Waals surface area contributed by atoms with Gasteiger partial charge in [-0.05, 0) is 62.5 Å². The summed E-state index contributed by atoms with van der Waals surface area (Å²) < 4.78 is 0. The monoisotopic (exact) mass is 303 g/mol. The van der Waals surface area contributed by atoms with E-state index < -0.39 is 0 Å². The third-order valence-electron chi connectivity index (χ3n) is 4.57. The Morgan fingerprint density at radius 1 is 1.48 bits per heavy atom. The van der Waals surface area contributed by atoms with Gasteiger partial charge >= 0.3 is 0 Å². The van der Waals surface area contributed by atoms with Gasteiger partial charge in [-0.3, -0.25) is 4.98 Å². The Hall–Kier alpha value is -1.53. The van der Waals surface area contributed by atoms with Gasteiger partial charge in [-0.15, -0.1) is 0 Å². The van der Waals surface area contributed by atoms with E-state index in [0.717, 1.165) is 37.5 Å². The highest BCUT2D eigenvalue weighted by Gasteiger charge is 2.43. The zero-order chi connectivity index (χ0) is 14.7. The Kier molecular flexibility index (Phi) is 4.17. The van der Waals surface area contributed by atoms with Gasteiger partial charge in [-0.1, -0.05) is 6.07 Å². The van der Waals surface area contributed by atoms with Gasteiger partial charge < -0.3 is 11.1 Å². The van der Waals surface area contributed by atoms with Gasteiger partial charge in [0, 0.05) is 12.7 Å². The van der Waals surface area contributed by atoms with Crippen LogP contribution in [0.2, 0.25) is 0 Å². The van der Waals surface area contributed by atoms with Crippen molar-refractivity contribution in [1.29, 1.82) is 0 Å².